The van der Waals surface area contributed by atoms with Gasteiger partial charge in [0.1, 0.15) is 12.2 Å². The number of carbonyl (C=O) groups is 1. The molecule has 0 unspecified atom stereocenters. The molecular weight excluding hydrogens is 525 g/mol. The zero-order valence-corrected chi connectivity index (χ0v) is 22.1. The van der Waals surface area contributed by atoms with Crippen LogP contribution in [-0.2, 0) is 18.0 Å². The van der Waals surface area contributed by atoms with Gasteiger partial charge in [0.25, 0.3) is 0 Å². The van der Waals surface area contributed by atoms with Crippen LogP contribution in [0.3, 0.4) is 0 Å². The fraction of sp³-hybridized carbons (Fsp3) is 0.429. The first-order chi connectivity index (χ1) is 19.2. The van der Waals surface area contributed by atoms with Gasteiger partial charge < -0.3 is 14.2 Å². The average Bonchev–Trinajstić information content (AvgIpc) is 3.64. The molecule has 1 aliphatic carbocycles. The molecule has 2 aliphatic rings. The van der Waals surface area contributed by atoms with Gasteiger partial charge in [-0.3, -0.25) is 8.97 Å². The third kappa shape index (κ3) is 4.44. The molecule has 3 aromatic heterocycles. The van der Waals surface area contributed by atoms with E-state index in [9.17, 15) is 22.8 Å². The van der Waals surface area contributed by atoms with Crippen molar-refractivity contribution in [3.8, 4) is 5.69 Å². The van der Waals surface area contributed by atoms with E-state index in [0.717, 1.165) is 41.1 Å². The Morgan fingerprint density at radius 1 is 1.15 bits per heavy atom. The molecule has 1 saturated heterocycles. The Hall–Kier alpha value is -4.09. The van der Waals surface area contributed by atoms with Crippen LogP contribution in [0.15, 0.2) is 53.8 Å². The Labute approximate surface area is 227 Å². The lowest BCUT2D eigenvalue weighted by Crippen LogP contribution is -2.28. The van der Waals surface area contributed by atoms with Crippen LogP contribution in [0, 0.1) is 5.92 Å². The van der Waals surface area contributed by atoms with Crippen LogP contribution in [0.4, 0.5) is 18.0 Å². The Morgan fingerprint density at radius 2 is 1.95 bits per heavy atom. The number of carbonyl (C=O) groups excluding carboxylic acids is 1. The Morgan fingerprint density at radius 3 is 2.60 bits per heavy atom. The number of likely N-dealkylation sites (tertiary alicyclic amines) is 1. The van der Waals surface area contributed by atoms with Gasteiger partial charge in [0.05, 0.1) is 23.9 Å². The summed E-state index contributed by atoms with van der Waals surface area (Å²) in [6.45, 7) is 0.588. The fourth-order valence-electron chi connectivity index (χ4n) is 6.02. The van der Waals surface area contributed by atoms with Gasteiger partial charge >= 0.3 is 18.0 Å². The minimum atomic E-state index is -4.68. The van der Waals surface area contributed by atoms with Crippen molar-refractivity contribution in [1.29, 1.82) is 0 Å². The molecule has 210 valence electrons. The number of halogens is 3. The van der Waals surface area contributed by atoms with Gasteiger partial charge in [0, 0.05) is 44.4 Å². The first-order valence-corrected chi connectivity index (χ1v) is 13.3. The van der Waals surface area contributed by atoms with Crippen molar-refractivity contribution in [3.63, 3.8) is 0 Å². The second-order valence-corrected chi connectivity index (χ2v) is 10.7. The van der Waals surface area contributed by atoms with Crippen LogP contribution in [-0.4, -0.2) is 54.9 Å². The molecule has 6 rings (SSSR count). The highest BCUT2D eigenvalue weighted by atomic mass is 19.4. The zero-order valence-electron chi connectivity index (χ0n) is 22.1. The van der Waals surface area contributed by atoms with Gasteiger partial charge in [-0.2, -0.15) is 13.2 Å². The molecule has 2 fully saturated rings. The summed E-state index contributed by atoms with van der Waals surface area (Å²) in [5, 5.41) is 8.39. The molecule has 40 heavy (non-hydrogen) atoms. The number of fused-ring (bicyclic) bond motifs is 1. The monoisotopic (exact) mass is 554 g/mol. The number of aromatic nitrogens is 5. The second-order valence-electron chi connectivity index (χ2n) is 10.7. The predicted octanol–water partition coefficient (Wildman–Crippen LogP) is 4.73. The smallest absolute Gasteiger partial charge is 0.418 e. The lowest BCUT2D eigenvalue weighted by molar-refractivity contribution is -0.136. The highest BCUT2D eigenvalue weighted by Crippen LogP contribution is 2.43. The number of aryl methyl sites for hydroxylation is 1. The lowest BCUT2D eigenvalue weighted by Gasteiger charge is -2.33. The van der Waals surface area contributed by atoms with Crippen molar-refractivity contribution < 1.29 is 22.7 Å². The Kier molecular flexibility index (Phi) is 6.42. The molecule has 9 nitrogen and oxygen atoms in total. The Bertz CT molecular complexity index is 1630. The summed E-state index contributed by atoms with van der Waals surface area (Å²) in [7, 11) is 3.16. The normalized spacial score (nSPS) is 18.7. The lowest BCUT2D eigenvalue weighted by atomic mass is 9.72. The molecule has 4 heterocycles. The highest BCUT2D eigenvalue weighted by Gasteiger charge is 2.37. The fourth-order valence-corrected chi connectivity index (χ4v) is 6.02. The van der Waals surface area contributed by atoms with E-state index in [0.29, 0.717) is 30.1 Å². The number of pyridine rings is 1. The molecular formula is C28H29F3N6O3. The third-order valence-corrected chi connectivity index (χ3v) is 8.34. The van der Waals surface area contributed by atoms with Gasteiger partial charge in [-0.25, -0.2) is 9.59 Å². The number of ether oxygens (including phenoxy) is 1. The van der Waals surface area contributed by atoms with Crippen molar-refractivity contribution in [1.82, 2.24) is 28.6 Å². The first kappa shape index (κ1) is 26.1. The minimum Gasteiger partial charge on any atom is -0.453 e. The highest BCUT2D eigenvalue weighted by molar-refractivity contribution is 5.68. The molecule has 4 aromatic rings. The second kappa shape index (κ2) is 9.83. The van der Waals surface area contributed by atoms with E-state index >= 15 is 0 Å². The van der Waals surface area contributed by atoms with E-state index in [1.165, 1.54) is 29.0 Å². The van der Waals surface area contributed by atoms with Gasteiger partial charge in [0.15, 0.2) is 0 Å². The average molecular weight is 555 g/mol. The maximum atomic E-state index is 14.3. The van der Waals surface area contributed by atoms with Gasteiger partial charge in [0.2, 0.25) is 0 Å². The molecule has 0 radical (unpaired) electrons. The van der Waals surface area contributed by atoms with E-state index in [1.54, 1.807) is 12.4 Å². The summed E-state index contributed by atoms with van der Waals surface area (Å²) in [6, 6.07) is 8.46. The van der Waals surface area contributed by atoms with E-state index < -0.39 is 23.5 Å². The molecule has 1 aliphatic heterocycles. The number of amides is 1. The van der Waals surface area contributed by atoms with Crippen molar-refractivity contribution in [2.24, 2.45) is 13.0 Å². The quantitative estimate of drug-likeness (QED) is 0.356. The first-order valence-electron chi connectivity index (χ1n) is 13.3. The van der Waals surface area contributed by atoms with Gasteiger partial charge in [-0.15, -0.1) is 10.2 Å². The van der Waals surface area contributed by atoms with Crippen LogP contribution >= 0.6 is 0 Å². The van der Waals surface area contributed by atoms with Crippen LogP contribution in [0.2, 0.25) is 0 Å². The maximum Gasteiger partial charge on any atom is 0.418 e. The number of hydrogen-bond donors (Lipinski definition) is 0. The van der Waals surface area contributed by atoms with Crippen LogP contribution in [0.25, 0.3) is 11.2 Å². The number of alkyl halides is 3. The third-order valence-electron chi connectivity index (χ3n) is 8.34. The van der Waals surface area contributed by atoms with Crippen molar-refractivity contribution >= 4 is 11.6 Å². The predicted molar refractivity (Wildman–Crippen MR) is 140 cm³/mol. The van der Waals surface area contributed by atoms with E-state index in [4.69, 9.17) is 4.74 Å². The minimum absolute atomic E-state index is 0.0357. The molecule has 2 atom stereocenters. The summed E-state index contributed by atoms with van der Waals surface area (Å²) in [5.74, 6) is 0.806. The number of rotatable bonds is 5. The summed E-state index contributed by atoms with van der Waals surface area (Å²) >= 11 is 0. The van der Waals surface area contributed by atoms with Crippen LogP contribution in [0.1, 0.15) is 60.0 Å². The van der Waals surface area contributed by atoms with E-state index in [2.05, 4.69) is 10.2 Å². The van der Waals surface area contributed by atoms with Crippen molar-refractivity contribution in [2.45, 2.75) is 43.7 Å². The largest absolute Gasteiger partial charge is 0.453 e. The SMILES string of the molecule is COC(=O)N1CC[C@H](c2cc(C(F)(F)F)c3cn(-c4cccc([C@H](c5nncn5C)C5CCC5)c4)c(=O)n3c2)C1. The molecule has 0 spiro atoms. The topological polar surface area (TPSA) is 86.7 Å². The van der Waals surface area contributed by atoms with E-state index in [-0.39, 0.29) is 23.9 Å². The Balaban J connectivity index is 1.44. The molecule has 0 bridgehead atoms. The molecule has 1 aromatic carbocycles. The maximum absolute atomic E-state index is 14.3. The number of nitrogens with zero attached hydrogens (tertiary/aromatic N) is 6. The molecule has 1 amide bonds. The van der Waals surface area contributed by atoms with Crippen molar-refractivity contribution in [2.75, 3.05) is 20.2 Å². The molecule has 1 saturated carbocycles. The van der Waals surface area contributed by atoms with Crippen LogP contribution in [0.5, 0.6) is 0 Å². The number of methoxy groups -OCH3 is 1. The zero-order chi connectivity index (χ0) is 28.2. The number of hydrogen-bond acceptors (Lipinski definition) is 5. The van der Waals surface area contributed by atoms with E-state index in [1.807, 2.05) is 29.8 Å². The standard InChI is InChI=1S/C28H29F3N6O3/c1-34-16-32-33-25(34)24(17-5-3-6-17)18-7-4-8-21(11-18)36-15-23-22(28(29,30)31)12-20(14-37(23)26(36)38)19-9-10-35(13-19)27(39)40-2/h4,7-8,11-12,14-17,19,24H,3,5-6,9-10,13H2,1-2H3/t19-,24+/m0/s1. The summed E-state index contributed by atoms with van der Waals surface area (Å²) < 4.78 is 51.8. The summed E-state index contributed by atoms with van der Waals surface area (Å²) in [6.07, 6.45) is 2.87. The summed E-state index contributed by atoms with van der Waals surface area (Å²) in [4.78, 5) is 27.0. The van der Waals surface area contributed by atoms with Crippen molar-refractivity contribution in [3.05, 3.63) is 82.1 Å². The van der Waals surface area contributed by atoms with Crippen LogP contribution < -0.4 is 5.69 Å². The molecule has 12 heteroatoms. The number of imidazole rings is 1. The van der Waals surface area contributed by atoms with Gasteiger partial charge in [-0.1, -0.05) is 18.6 Å². The van der Waals surface area contributed by atoms with Gasteiger partial charge in [-0.05, 0) is 54.5 Å². The molecule has 0 N–H and O–H groups in total. The number of benzene rings is 1. The summed E-state index contributed by atoms with van der Waals surface area (Å²) in [5.41, 5.74) is 0.0581.